The van der Waals surface area contributed by atoms with Gasteiger partial charge in [-0.05, 0) is 68.9 Å². The summed E-state index contributed by atoms with van der Waals surface area (Å²) in [6, 6.07) is 8.95. The third-order valence-corrected chi connectivity index (χ3v) is 7.77. The Labute approximate surface area is 216 Å². The van der Waals surface area contributed by atoms with Crippen LogP contribution in [-0.2, 0) is 9.59 Å². The summed E-state index contributed by atoms with van der Waals surface area (Å²) < 4.78 is 35.2. The fraction of sp³-hybridized carbons (Fsp3) is 0.357. The number of carboxylic acids is 1. The van der Waals surface area contributed by atoms with Gasteiger partial charge in [0.2, 0.25) is 5.91 Å². The highest BCUT2D eigenvalue weighted by molar-refractivity contribution is 5.96. The van der Waals surface area contributed by atoms with Crippen LogP contribution in [0.1, 0.15) is 61.5 Å². The number of carbonyl (C=O) groups excluding carboxylic acids is 1. The van der Waals surface area contributed by atoms with Gasteiger partial charge in [-0.2, -0.15) is 0 Å². The third kappa shape index (κ3) is 3.95. The number of rotatable bonds is 6. The minimum atomic E-state index is -1.02. The minimum absolute atomic E-state index is 0.0202. The molecule has 10 heteroatoms. The first-order valence-electron chi connectivity index (χ1n) is 12.6. The highest BCUT2D eigenvalue weighted by Gasteiger charge is 2.41. The lowest BCUT2D eigenvalue weighted by molar-refractivity contribution is -0.139. The molecule has 0 radical (unpaired) electrons. The molecule has 2 aliphatic rings. The average molecular weight is 521 g/mol. The van der Waals surface area contributed by atoms with Gasteiger partial charge < -0.3 is 19.1 Å². The Morgan fingerprint density at radius 2 is 1.92 bits per heavy atom. The van der Waals surface area contributed by atoms with Gasteiger partial charge in [-0.3, -0.25) is 9.59 Å². The standard InChI is InChI=1S/C28H26F2N4O4/c1-14-27(15(2)38-32-14)17-3-6-23-22(12-17)31-28(34(23)19-9-16(10-19)11-26(36)37)24-7-8-25(35)33(24)18-4-5-20(29)21(30)13-18/h3-6,12-13,16,19,24H,7-11H2,1-2H3,(H,36,37)/t16?,19?,24-/m0/s1. The van der Waals surface area contributed by atoms with Gasteiger partial charge in [-0.25, -0.2) is 13.8 Å². The Hall–Kier alpha value is -4.08. The summed E-state index contributed by atoms with van der Waals surface area (Å²) in [4.78, 5) is 30.7. The van der Waals surface area contributed by atoms with Crippen molar-refractivity contribution in [3.05, 3.63) is 65.3 Å². The fourth-order valence-electron chi connectivity index (χ4n) is 6.00. The predicted octanol–water partition coefficient (Wildman–Crippen LogP) is 5.88. The Balaban J connectivity index is 1.46. The van der Waals surface area contributed by atoms with Crippen LogP contribution in [0, 0.1) is 31.4 Å². The number of benzene rings is 2. The van der Waals surface area contributed by atoms with E-state index in [1.54, 1.807) is 0 Å². The lowest BCUT2D eigenvalue weighted by atomic mass is 9.78. The molecule has 1 saturated heterocycles. The topological polar surface area (TPSA) is 101 Å². The van der Waals surface area contributed by atoms with E-state index in [2.05, 4.69) is 9.72 Å². The SMILES string of the molecule is Cc1noc(C)c1-c1ccc2c(c1)nc([C@@H]1CCC(=O)N1c1ccc(F)c(F)c1)n2C1CC(CC(=O)O)C1. The monoisotopic (exact) mass is 520 g/mol. The van der Waals surface area contributed by atoms with Crippen LogP contribution in [0.4, 0.5) is 14.5 Å². The van der Waals surface area contributed by atoms with Crippen molar-refractivity contribution in [1.29, 1.82) is 0 Å². The van der Waals surface area contributed by atoms with Crippen LogP contribution in [-0.4, -0.2) is 31.7 Å². The van der Waals surface area contributed by atoms with E-state index in [0.29, 0.717) is 30.8 Å². The van der Waals surface area contributed by atoms with Crippen molar-refractivity contribution in [3.63, 3.8) is 0 Å². The Bertz CT molecular complexity index is 1570. The number of hydrogen-bond donors (Lipinski definition) is 1. The molecule has 3 heterocycles. The van der Waals surface area contributed by atoms with Gasteiger partial charge in [-0.1, -0.05) is 11.2 Å². The van der Waals surface area contributed by atoms with Gasteiger partial charge in [0.05, 0.1) is 22.8 Å². The van der Waals surface area contributed by atoms with E-state index in [9.17, 15) is 23.5 Å². The molecule has 1 amide bonds. The molecule has 1 N–H and O–H groups in total. The number of anilines is 1. The van der Waals surface area contributed by atoms with Crippen molar-refractivity contribution in [2.45, 2.75) is 58.0 Å². The highest BCUT2D eigenvalue weighted by atomic mass is 19.2. The van der Waals surface area contributed by atoms with Gasteiger partial charge in [0, 0.05) is 36.2 Å². The average Bonchev–Trinajstić information content (AvgIpc) is 3.51. The summed E-state index contributed by atoms with van der Waals surface area (Å²) in [5.74, 6) is -1.58. The number of carbonyl (C=O) groups is 2. The van der Waals surface area contributed by atoms with E-state index in [4.69, 9.17) is 9.51 Å². The molecule has 1 aliphatic carbocycles. The number of aromatic nitrogens is 3. The lowest BCUT2D eigenvalue weighted by Crippen LogP contribution is -2.33. The van der Waals surface area contributed by atoms with E-state index in [1.807, 2.05) is 32.0 Å². The molecule has 6 rings (SSSR count). The lowest BCUT2D eigenvalue weighted by Gasteiger charge is -2.38. The smallest absolute Gasteiger partial charge is 0.303 e. The maximum Gasteiger partial charge on any atom is 0.303 e. The molecule has 1 atom stereocenters. The Morgan fingerprint density at radius 3 is 2.61 bits per heavy atom. The molecule has 38 heavy (non-hydrogen) atoms. The fourth-order valence-corrected chi connectivity index (χ4v) is 6.00. The van der Waals surface area contributed by atoms with Crippen LogP contribution in [0.3, 0.4) is 0 Å². The summed E-state index contributed by atoms with van der Waals surface area (Å²) in [5.41, 5.74) is 4.45. The van der Waals surface area contributed by atoms with Crippen LogP contribution in [0.15, 0.2) is 40.9 Å². The quantitative estimate of drug-likeness (QED) is 0.341. The first-order valence-corrected chi connectivity index (χ1v) is 12.6. The predicted molar refractivity (Wildman–Crippen MR) is 135 cm³/mol. The van der Waals surface area contributed by atoms with Gasteiger partial charge in [0.15, 0.2) is 11.6 Å². The Morgan fingerprint density at radius 1 is 1.13 bits per heavy atom. The van der Waals surface area contributed by atoms with Crippen molar-refractivity contribution in [2.75, 3.05) is 4.90 Å². The maximum absolute atomic E-state index is 14.1. The number of carboxylic acid groups (broad SMARTS) is 1. The molecular weight excluding hydrogens is 494 g/mol. The normalized spacial score (nSPS) is 21.3. The van der Waals surface area contributed by atoms with E-state index in [0.717, 1.165) is 40.0 Å². The zero-order chi connectivity index (χ0) is 26.7. The highest BCUT2D eigenvalue weighted by Crippen LogP contribution is 2.46. The molecule has 0 bridgehead atoms. The number of nitrogens with zero attached hydrogens (tertiary/aromatic N) is 4. The number of imidazole rings is 1. The summed E-state index contributed by atoms with van der Waals surface area (Å²) in [6.45, 7) is 3.73. The van der Waals surface area contributed by atoms with Crippen molar-refractivity contribution >= 4 is 28.6 Å². The molecule has 2 aromatic carbocycles. The molecule has 4 aromatic rings. The van der Waals surface area contributed by atoms with Crippen LogP contribution in [0.25, 0.3) is 22.2 Å². The zero-order valence-corrected chi connectivity index (χ0v) is 20.9. The summed E-state index contributed by atoms with van der Waals surface area (Å²) >= 11 is 0. The second-order valence-electron chi connectivity index (χ2n) is 10.2. The third-order valence-electron chi connectivity index (χ3n) is 7.77. The van der Waals surface area contributed by atoms with E-state index in [-0.39, 0.29) is 36.4 Å². The molecule has 0 spiro atoms. The molecule has 0 unspecified atom stereocenters. The van der Waals surface area contributed by atoms with Gasteiger partial charge >= 0.3 is 5.97 Å². The molecule has 196 valence electrons. The second-order valence-corrected chi connectivity index (χ2v) is 10.2. The van der Waals surface area contributed by atoms with E-state index in [1.165, 1.54) is 11.0 Å². The number of fused-ring (bicyclic) bond motifs is 1. The number of aliphatic carboxylic acids is 1. The number of aryl methyl sites for hydroxylation is 2. The van der Waals surface area contributed by atoms with Gasteiger partial charge in [-0.15, -0.1) is 0 Å². The van der Waals surface area contributed by atoms with Crippen molar-refractivity contribution in [2.24, 2.45) is 5.92 Å². The van der Waals surface area contributed by atoms with Crippen molar-refractivity contribution in [3.8, 4) is 11.1 Å². The molecule has 1 saturated carbocycles. The van der Waals surface area contributed by atoms with Crippen LogP contribution < -0.4 is 4.90 Å². The van der Waals surface area contributed by atoms with Crippen molar-refractivity contribution in [1.82, 2.24) is 14.7 Å². The minimum Gasteiger partial charge on any atom is -0.481 e. The first kappa shape index (κ1) is 24.3. The summed E-state index contributed by atoms with van der Waals surface area (Å²) in [5, 5.41) is 13.3. The largest absolute Gasteiger partial charge is 0.481 e. The zero-order valence-electron chi connectivity index (χ0n) is 20.9. The van der Waals surface area contributed by atoms with Crippen LogP contribution in [0.5, 0.6) is 0 Å². The van der Waals surface area contributed by atoms with E-state index >= 15 is 0 Å². The number of hydrogen-bond acceptors (Lipinski definition) is 5. The van der Waals surface area contributed by atoms with E-state index < -0.39 is 23.6 Å². The first-order chi connectivity index (χ1) is 18.2. The Kier molecular flexibility index (Phi) is 5.77. The van der Waals surface area contributed by atoms with Crippen LogP contribution >= 0.6 is 0 Å². The second kappa shape index (κ2) is 9.04. The van der Waals surface area contributed by atoms with Gasteiger partial charge in [0.1, 0.15) is 11.6 Å². The molecule has 2 fully saturated rings. The van der Waals surface area contributed by atoms with Crippen molar-refractivity contribution < 1.29 is 28.0 Å². The summed E-state index contributed by atoms with van der Waals surface area (Å²) in [7, 11) is 0. The summed E-state index contributed by atoms with van der Waals surface area (Å²) in [6.07, 6.45) is 2.20. The maximum atomic E-state index is 14.1. The number of halogens is 2. The van der Waals surface area contributed by atoms with Crippen LogP contribution in [0.2, 0.25) is 0 Å². The molecule has 8 nitrogen and oxygen atoms in total. The van der Waals surface area contributed by atoms with Gasteiger partial charge in [0.25, 0.3) is 0 Å². The molecular formula is C28H26F2N4O4. The molecule has 2 aromatic heterocycles. The molecule has 1 aliphatic heterocycles. The number of amides is 1.